The lowest BCUT2D eigenvalue weighted by Gasteiger charge is -2.07. The molecule has 0 aromatic heterocycles. The minimum absolute atomic E-state index is 0.633. The number of hydrogen-bond acceptors (Lipinski definition) is 2. The zero-order valence-corrected chi connectivity index (χ0v) is 8.05. The highest BCUT2D eigenvalue weighted by atomic mass is 16.5. The normalized spacial score (nSPS) is 9.69. The molecule has 0 heterocycles. The summed E-state index contributed by atoms with van der Waals surface area (Å²) in [7, 11) is 1.62. The highest BCUT2D eigenvalue weighted by molar-refractivity contribution is 6.00. The number of benzene rings is 1. The molecule has 1 radical (unpaired) electrons. The van der Waals surface area contributed by atoms with Gasteiger partial charge in [0, 0.05) is 11.3 Å². The Labute approximate surface area is 79.1 Å². The molecule has 0 aliphatic heterocycles. The van der Waals surface area contributed by atoms with Gasteiger partial charge in [-0.15, -0.1) is 0 Å². The Bertz CT molecular complexity index is 294. The van der Waals surface area contributed by atoms with Gasteiger partial charge in [0.2, 0.25) is 0 Å². The molecular formula is C11H14NO. The van der Waals surface area contributed by atoms with E-state index in [0.29, 0.717) is 5.71 Å². The van der Waals surface area contributed by atoms with E-state index in [0.717, 1.165) is 24.2 Å². The summed E-state index contributed by atoms with van der Waals surface area (Å²) >= 11 is 0. The average molecular weight is 176 g/mol. The predicted molar refractivity (Wildman–Crippen MR) is 53.6 cm³/mol. The molecule has 0 atom stereocenters. The van der Waals surface area contributed by atoms with Gasteiger partial charge in [0.05, 0.1) is 7.11 Å². The van der Waals surface area contributed by atoms with Gasteiger partial charge in [-0.25, -0.2) is 0 Å². The maximum atomic E-state index is 7.78. The fourth-order valence-electron chi connectivity index (χ4n) is 1.22. The first-order valence-corrected chi connectivity index (χ1v) is 4.41. The molecule has 0 bridgehead atoms. The van der Waals surface area contributed by atoms with E-state index in [4.69, 9.17) is 10.1 Å². The lowest BCUT2D eigenvalue weighted by molar-refractivity contribution is 0.413. The molecular weight excluding hydrogens is 162 g/mol. The topological polar surface area (TPSA) is 33.1 Å². The SMILES string of the molecule is CCCC(=N)c1cc[c]cc1OC. The van der Waals surface area contributed by atoms with Crippen LogP contribution in [0.4, 0.5) is 0 Å². The highest BCUT2D eigenvalue weighted by Crippen LogP contribution is 2.18. The summed E-state index contributed by atoms with van der Waals surface area (Å²) in [5.41, 5.74) is 1.51. The van der Waals surface area contributed by atoms with Crippen LogP contribution in [-0.4, -0.2) is 12.8 Å². The van der Waals surface area contributed by atoms with Crippen molar-refractivity contribution in [3.63, 3.8) is 0 Å². The number of hydrogen-bond donors (Lipinski definition) is 1. The molecule has 1 N–H and O–H groups in total. The van der Waals surface area contributed by atoms with Crippen molar-refractivity contribution >= 4 is 5.71 Å². The van der Waals surface area contributed by atoms with E-state index in [2.05, 4.69) is 13.0 Å². The fraction of sp³-hybridized carbons (Fsp3) is 0.364. The maximum absolute atomic E-state index is 7.78. The first-order chi connectivity index (χ1) is 6.29. The van der Waals surface area contributed by atoms with Gasteiger partial charge in [-0.1, -0.05) is 19.4 Å². The van der Waals surface area contributed by atoms with Gasteiger partial charge >= 0.3 is 0 Å². The summed E-state index contributed by atoms with van der Waals surface area (Å²) in [6.07, 6.45) is 1.78. The van der Waals surface area contributed by atoms with E-state index < -0.39 is 0 Å². The molecule has 69 valence electrons. The van der Waals surface area contributed by atoms with Crippen LogP contribution in [-0.2, 0) is 0 Å². The minimum Gasteiger partial charge on any atom is -0.496 e. The molecule has 13 heavy (non-hydrogen) atoms. The molecule has 1 aromatic rings. The van der Waals surface area contributed by atoms with E-state index in [1.807, 2.05) is 12.1 Å². The molecule has 0 fully saturated rings. The fourth-order valence-corrected chi connectivity index (χ4v) is 1.22. The molecule has 1 aromatic carbocycles. The molecule has 0 spiro atoms. The van der Waals surface area contributed by atoms with Gasteiger partial charge in [0.25, 0.3) is 0 Å². The van der Waals surface area contributed by atoms with Gasteiger partial charge in [-0.2, -0.15) is 0 Å². The van der Waals surface area contributed by atoms with E-state index in [9.17, 15) is 0 Å². The molecule has 2 nitrogen and oxygen atoms in total. The zero-order chi connectivity index (χ0) is 9.68. The molecule has 0 saturated carbocycles. The Kier molecular flexibility index (Phi) is 3.50. The van der Waals surface area contributed by atoms with E-state index in [1.165, 1.54) is 0 Å². The number of ether oxygens (including phenoxy) is 1. The Morgan fingerprint density at radius 3 is 3.00 bits per heavy atom. The monoisotopic (exact) mass is 176 g/mol. The van der Waals surface area contributed by atoms with E-state index in [1.54, 1.807) is 13.2 Å². The van der Waals surface area contributed by atoms with Crippen molar-refractivity contribution in [3.8, 4) is 5.75 Å². The van der Waals surface area contributed by atoms with Crippen molar-refractivity contribution in [2.24, 2.45) is 0 Å². The summed E-state index contributed by atoms with van der Waals surface area (Å²) in [5.74, 6) is 0.737. The highest BCUT2D eigenvalue weighted by Gasteiger charge is 2.05. The smallest absolute Gasteiger partial charge is 0.128 e. The van der Waals surface area contributed by atoms with Crippen LogP contribution in [0.3, 0.4) is 0 Å². The molecule has 2 heteroatoms. The molecule has 0 aliphatic carbocycles. The molecule has 0 saturated heterocycles. The molecule has 1 rings (SSSR count). The van der Waals surface area contributed by atoms with Crippen LogP contribution in [0, 0.1) is 11.5 Å². The lowest BCUT2D eigenvalue weighted by Crippen LogP contribution is -2.01. The summed E-state index contributed by atoms with van der Waals surface area (Å²) in [6.45, 7) is 2.07. The van der Waals surface area contributed by atoms with Crippen LogP contribution >= 0.6 is 0 Å². The van der Waals surface area contributed by atoms with Crippen molar-refractivity contribution in [3.05, 3.63) is 29.8 Å². The number of rotatable bonds is 4. The number of nitrogens with one attached hydrogen (secondary N) is 1. The molecule has 0 aliphatic rings. The predicted octanol–water partition coefficient (Wildman–Crippen LogP) is 2.66. The third-order valence-corrected chi connectivity index (χ3v) is 1.87. The van der Waals surface area contributed by atoms with Crippen LogP contribution in [0.25, 0.3) is 0 Å². The largest absolute Gasteiger partial charge is 0.496 e. The lowest BCUT2D eigenvalue weighted by atomic mass is 10.1. The van der Waals surface area contributed by atoms with Crippen molar-refractivity contribution in [2.45, 2.75) is 19.8 Å². The Morgan fingerprint density at radius 1 is 1.62 bits per heavy atom. The number of methoxy groups -OCH3 is 1. The van der Waals surface area contributed by atoms with Gasteiger partial charge in [-0.3, -0.25) is 0 Å². The average Bonchev–Trinajstić information content (AvgIpc) is 2.18. The Morgan fingerprint density at radius 2 is 2.38 bits per heavy atom. The van der Waals surface area contributed by atoms with Crippen LogP contribution < -0.4 is 4.74 Å². The van der Waals surface area contributed by atoms with Crippen molar-refractivity contribution in [1.82, 2.24) is 0 Å². The van der Waals surface area contributed by atoms with Crippen molar-refractivity contribution in [2.75, 3.05) is 7.11 Å². The summed E-state index contributed by atoms with van der Waals surface area (Å²) in [6, 6.07) is 8.37. The van der Waals surface area contributed by atoms with Crippen LogP contribution in [0.2, 0.25) is 0 Å². The van der Waals surface area contributed by atoms with Gasteiger partial charge in [-0.05, 0) is 24.6 Å². The van der Waals surface area contributed by atoms with Crippen LogP contribution in [0.1, 0.15) is 25.3 Å². The second kappa shape index (κ2) is 4.65. The molecule has 0 amide bonds. The first kappa shape index (κ1) is 9.78. The van der Waals surface area contributed by atoms with Crippen LogP contribution in [0.5, 0.6) is 5.75 Å². The molecule has 0 unspecified atom stereocenters. The van der Waals surface area contributed by atoms with Crippen LogP contribution in [0.15, 0.2) is 18.2 Å². The minimum atomic E-state index is 0.633. The second-order valence-corrected chi connectivity index (χ2v) is 2.85. The first-order valence-electron chi connectivity index (χ1n) is 4.41. The quantitative estimate of drug-likeness (QED) is 0.703. The zero-order valence-electron chi connectivity index (χ0n) is 8.05. The van der Waals surface area contributed by atoms with Crippen molar-refractivity contribution < 1.29 is 4.74 Å². The van der Waals surface area contributed by atoms with Crippen molar-refractivity contribution in [1.29, 1.82) is 5.41 Å². The Balaban J connectivity index is 2.92. The summed E-state index contributed by atoms with van der Waals surface area (Å²) in [4.78, 5) is 0. The Hall–Kier alpha value is -1.31. The second-order valence-electron chi connectivity index (χ2n) is 2.85. The standard InChI is InChI=1S/C11H14NO/c1-3-6-10(12)9-7-4-5-8-11(9)13-2/h4,7-8,12H,3,6H2,1-2H3. The summed E-state index contributed by atoms with van der Waals surface area (Å²) < 4.78 is 5.14. The van der Waals surface area contributed by atoms with Gasteiger partial charge in [0.15, 0.2) is 0 Å². The van der Waals surface area contributed by atoms with Gasteiger partial charge in [0.1, 0.15) is 5.75 Å². The van der Waals surface area contributed by atoms with E-state index >= 15 is 0 Å². The third-order valence-electron chi connectivity index (χ3n) is 1.87. The van der Waals surface area contributed by atoms with E-state index in [-0.39, 0.29) is 0 Å². The maximum Gasteiger partial charge on any atom is 0.128 e. The third kappa shape index (κ3) is 2.31. The summed E-state index contributed by atoms with van der Waals surface area (Å²) in [5, 5.41) is 7.78. The van der Waals surface area contributed by atoms with Gasteiger partial charge < -0.3 is 10.1 Å².